The van der Waals surface area contributed by atoms with Crippen molar-refractivity contribution in [1.29, 1.82) is 0 Å². The van der Waals surface area contributed by atoms with Crippen LogP contribution in [0.1, 0.15) is 61.9 Å². The van der Waals surface area contributed by atoms with Gasteiger partial charge in [-0.3, -0.25) is 0 Å². The number of aromatic nitrogens is 2. The van der Waals surface area contributed by atoms with Crippen molar-refractivity contribution in [3.63, 3.8) is 0 Å². The van der Waals surface area contributed by atoms with Gasteiger partial charge in [0.25, 0.3) is 0 Å². The molecule has 196 valence electrons. The topological polar surface area (TPSA) is 76.2 Å². The number of halogens is 1. The first-order chi connectivity index (χ1) is 18.3. The fraction of sp³-hybridized carbons (Fsp3) is 0.290. The second-order valence-corrected chi connectivity index (χ2v) is 11.2. The first-order valence-electron chi connectivity index (χ1n) is 12.9. The highest BCUT2D eigenvalue weighted by Crippen LogP contribution is 2.49. The van der Waals surface area contributed by atoms with E-state index in [0.29, 0.717) is 6.54 Å². The molecule has 38 heavy (non-hydrogen) atoms. The van der Waals surface area contributed by atoms with Crippen molar-refractivity contribution in [3.05, 3.63) is 99.8 Å². The molecule has 6 nitrogen and oxygen atoms in total. The highest BCUT2D eigenvalue weighted by atomic mass is 79.9. The molecule has 0 saturated carbocycles. The molecule has 0 saturated heterocycles. The lowest BCUT2D eigenvalue weighted by Gasteiger charge is -2.34. The number of rotatable bonds is 8. The zero-order valence-electron chi connectivity index (χ0n) is 21.9. The molecule has 0 bridgehead atoms. The number of imidazole rings is 1. The average Bonchev–Trinajstić information content (AvgIpc) is 3.41. The van der Waals surface area contributed by atoms with Crippen molar-refractivity contribution in [3.8, 4) is 22.9 Å². The number of aromatic amines is 1. The Morgan fingerprint density at radius 1 is 1.08 bits per heavy atom. The number of hydrogen-bond donors (Lipinski definition) is 2. The summed E-state index contributed by atoms with van der Waals surface area (Å²) in [6.07, 6.45) is 3.28. The van der Waals surface area contributed by atoms with Crippen LogP contribution in [-0.2, 0) is 16.8 Å². The maximum Gasteiger partial charge on any atom is 0.407 e. The van der Waals surface area contributed by atoms with Gasteiger partial charge in [0.15, 0.2) is 0 Å². The molecular weight excluding hydrogens is 542 g/mol. The molecule has 0 radical (unpaired) electrons. The van der Waals surface area contributed by atoms with E-state index in [9.17, 15) is 4.79 Å². The highest BCUT2D eigenvalue weighted by Gasteiger charge is 2.34. The molecule has 0 spiro atoms. The quantitative estimate of drug-likeness (QED) is 0.209. The van der Waals surface area contributed by atoms with Gasteiger partial charge in [-0.15, -0.1) is 0 Å². The Morgan fingerprint density at radius 2 is 1.89 bits per heavy atom. The molecule has 0 fully saturated rings. The van der Waals surface area contributed by atoms with Crippen LogP contribution >= 0.6 is 15.9 Å². The summed E-state index contributed by atoms with van der Waals surface area (Å²) in [6.45, 7) is 7.47. The normalized spacial score (nSPS) is 14.1. The minimum absolute atomic E-state index is 0.197. The molecule has 1 aliphatic heterocycles. The zero-order valence-corrected chi connectivity index (χ0v) is 23.5. The molecule has 0 aliphatic carbocycles. The van der Waals surface area contributed by atoms with Gasteiger partial charge in [0, 0.05) is 45.0 Å². The first kappa shape index (κ1) is 26.0. The van der Waals surface area contributed by atoms with Crippen LogP contribution in [-0.4, -0.2) is 22.6 Å². The minimum Gasteiger partial charge on any atom is -0.457 e. The van der Waals surface area contributed by atoms with E-state index in [0.717, 1.165) is 62.6 Å². The van der Waals surface area contributed by atoms with Crippen molar-refractivity contribution in [2.24, 2.45) is 0 Å². The lowest BCUT2D eigenvalue weighted by Crippen LogP contribution is -2.25. The van der Waals surface area contributed by atoms with E-state index in [4.69, 9.17) is 9.47 Å². The van der Waals surface area contributed by atoms with E-state index < -0.39 is 0 Å². The van der Waals surface area contributed by atoms with E-state index in [-0.39, 0.29) is 24.0 Å². The Bertz CT molecular complexity index is 1430. The number of H-pyrrole nitrogens is 1. The predicted octanol–water partition coefficient (Wildman–Crippen LogP) is 8.08. The summed E-state index contributed by atoms with van der Waals surface area (Å²) >= 11 is 3.55. The summed E-state index contributed by atoms with van der Waals surface area (Å²) < 4.78 is 12.5. The molecule has 2 heterocycles. The number of ether oxygens (including phenoxy) is 2. The van der Waals surface area contributed by atoms with Gasteiger partial charge < -0.3 is 19.8 Å². The zero-order chi connectivity index (χ0) is 26.7. The number of benzene rings is 3. The second-order valence-electron chi connectivity index (χ2n) is 10.3. The molecule has 1 aliphatic rings. The summed E-state index contributed by atoms with van der Waals surface area (Å²) in [6, 6.07) is 22.1. The van der Waals surface area contributed by atoms with E-state index in [1.807, 2.05) is 48.7 Å². The lowest BCUT2D eigenvalue weighted by molar-refractivity contribution is 0.139. The van der Waals surface area contributed by atoms with Crippen LogP contribution in [0.15, 0.2) is 77.4 Å². The number of carbonyl (C=O) groups excluding carboxylic acids is 1. The minimum atomic E-state index is -0.389. The fourth-order valence-electron chi connectivity index (χ4n) is 4.88. The molecule has 3 aromatic carbocycles. The molecular formula is C31H32BrN3O3. The third-order valence-electron chi connectivity index (χ3n) is 7.19. The highest BCUT2D eigenvalue weighted by molar-refractivity contribution is 9.10. The summed E-state index contributed by atoms with van der Waals surface area (Å²) in [5.74, 6) is 2.88. The molecule has 1 aromatic heterocycles. The van der Waals surface area contributed by atoms with Crippen LogP contribution in [0.25, 0.3) is 11.4 Å². The molecule has 5 rings (SSSR count). The van der Waals surface area contributed by atoms with E-state index in [1.54, 1.807) is 0 Å². The summed E-state index contributed by atoms with van der Waals surface area (Å²) in [5.41, 5.74) is 5.19. The number of fused-ring (bicyclic) bond motifs is 2. The third kappa shape index (κ3) is 5.63. The summed E-state index contributed by atoms with van der Waals surface area (Å²) in [7, 11) is 0. The van der Waals surface area contributed by atoms with Gasteiger partial charge in [0.2, 0.25) is 0 Å². The van der Waals surface area contributed by atoms with Gasteiger partial charge in [0.1, 0.15) is 23.9 Å². The van der Waals surface area contributed by atoms with Crippen LogP contribution in [0.5, 0.6) is 11.5 Å². The van der Waals surface area contributed by atoms with Crippen molar-refractivity contribution in [1.82, 2.24) is 15.3 Å². The number of hydrogen-bond acceptors (Lipinski definition) is 4. The van der Waals surface area contributed by atoms with Gasteiger partial charge in [-0.1, -0.05) is 73.1 Å². The monoisotopic (exact) mass is 573 g/mol. The van der Waals surface area contributed by atoms with E-state index in [1.165, 1.54) is 0 Å². The van der Waals surface area contributed by atoms with Gasteiger partial charge >= 0.3 is 6.09 Å². The van der Waals surface area contributed by atoms with Crippen LogP contribution < -0.4 is 10.1 Å². The Kier molecular flexibility index (Phi) is 7.56. The van der Waals surface area contributed by atoms with Gasteiger partial charge in [0.05, 0.1) is 0 Å². The van der Waals surface area contributed by atoms with Crippen molar-refractivity contribution < 1.29 is 14.3 Å². The molecule has 1 atom stereocenters. The molecule has 4 aromatic rings. The van der Waals surface area contributed by atoms with E-state index in [2.05, 4.69) is 76.3 Å². The van der Waals surface area contributed by atoms with Gasteiger partial charge in [-0.2, -0.15) is 0 Å². The molecule has 0 unspecified atom stereocenters. The van der Waals surface area contributed by atoms with Crippen molar-refractivity contribution in [2.45, 2.75) is 51.6 Å². The smallest absolute Gasteiger partial charge is 0.407 e. The molecule has 2 N–H and O–H groups in total. The third-order valence-corrected chi connectivity index (χ3v) is 7.68. The Balaban J connectivity index is 1.17. The maximum absolute atomic E-state index is 12.0. The van der Waals surface area contributed by atoms with Crippen LogP contribution in [0.3, 0.4) is 0 Å². The van der Waals surface area contributed by atoms with Crippen molar-refractivity contribution in [2.75, 3.05) is 6.54 Å². The summed E-state index contributed by atoms with van der Waals surface area (Å²) in [5, 5.41) is 2.84. The Hall–Kier alpha value is -3.58. The largest absolute Gasteiger partial charge is 0.457 e. The van der Waals surface area contributed by atoms with Gasteiger partial charge in [-0.25, -0.2) is 9.78 Å². The Labute approximate surface area is 231 Å². The lowest BCUT2D eigenvalue weighted by atomic mass is 9.75. The number of alkyl carbamates (subject to hydrolysis) is 1. The number of nitrogens with zero attached hydrogens (tertiary/aromatic N) is 1. The average molecular weight is 575 g/mol. The Morgan fingerprint density at radius 3 is 2.71 bits per heavy atom. The predicted molar refractivity (Wildman–Crippen MR) is 153 cm³/mol. The van der Waals surface area contributed by atoms with Crippen LogP contribution in [0.2, 0.25) is 0 Å². The van der Waals surface area contributed by atoms with Crippen LogP contribution in [0, 0.1) is 0 Å². The number of carbonyl (C=O) groups is 1. The summed E-state index contributed by atoms with van der Waals surface area (Å²) in [4.78, 5) is 20.1. The first-order valence-corrected chi connectivity index (χ1v) is 13.7. The van der Waals surface area contributed by atoms with Crippen molar-refractivity contribution >= 4 is 22.0 Å². The molecule has 1 amide bonds. The fourth-order valence-corrected chi connectivity index (χ4v) is 5.22. The van der Waals surface area contributed by atoms with Gasteiger partial charge in [-0.05, 0) is 54.7 Å². The van der Waals surface area contributed by atoms with E-state index >= 15 is 0 Å². The second kappa shape index (κ2) is 11.0. The molecule has 7 heteroatoms. The maximum atomic E-state index is 12.0. The number of amides is 1. The SMILES string of the molecule is C[C@@H](CCCNC(=O)OCc1ccccc1)c1cnc(-c2ccc3c(c2)C(C)(C)c2ccc(Br)cc2O3)[nH]1. The standard InChI is InChI=1S/C31H32BrN3O3/c1-20(8-7-15-33-30(36)37-19-21-9-5-4-6-10-21)26-18-34-29(35-26)22-11-14-27-25(16-22)31(2,3)24-13-12-23(32)17-28(24)38-27/h4-6,9-14,16-18,20H,7-8,15,19H2,1-3H3,(H,33,36)(H,34,35)/t20-/m0/s1. The van der Waals surface area contributed by atoms with Crippen LogP contribution in [0.4, 0.5) is 4.79 Å². The number of nitrogens with one attached hydrogen (secondary N) is 2.